The number of nitrogens with one attached hydrogen (secondary N) is 2. The molecule has 3 aromatic carbocycles. The molecule has 3 aromatic rings. The minimum atomic E-state index is -0.624. The van der Waals surface area contributed by atoms with Crippen LogP contribution < -0.4 is 20.1 Å². The number of halogens is 2. The van der Waals surface area contributed by atoms with Crippen LogP contribution in [0.15, 0.2) is 66.7 Å². The molecule has 0 bridgehead atoms. The van der Waals surface area contributed by atoms with E-state index in [4.69, 9.17) is 21.1 Å². The Hall–Kier alpha value is -3.09. The Morgan fingerprint density at radius 3 is 2.55 bits per heavy atom. The van der Waals surface area contributed by atoms with Crippen molar-refractivity contribution >= 4 is 23.2 Å². The Morgan fingerprint density at radius 1 is 1.03 bits per heavy atom. The van der Waals surface area contributed by atoms with Gasteiger partial charge in [0.15, 0.2) is 11.5 Å². The molecule has 0 spiro atoms. The van der Waals surface area contributed by atoms with Gasteiger partial charge >= 0.3 is 0 Å². The highest BCUT2D eigenvalue weighted by molar-refractivity contribution is 6.32. The third-order valence-electron chi connectivity index (χ3n) is 4.88. The molecule has 0 saturated heterocycles. The van der Waals surface area contributed by atoms with Crippen molar-refractivity contribution < 1.29 is 18.7 Å². The maximum absolute atomic E-state index is 13.2. The van der Waals surface area contributed by atoms with Gasteiger partial charge < -0.3 is 14.8 Å². The van der Waals surface area contributed by atoms with Gasteiger partial charge in [0.1, 0.15) is 11.9 Å². The summed E-state index contributed by atoms with van der Waals surface area (Å²) in [6.07, 6.45) is 0.790. The summed E-state index contributed by atoms with van der Waals surface area (Å²) in [4.78, 5) is 13.0. The highest BCUT2D eigenvalue weighted by Crippen LogP contribution is 2.38. The second-order valence-corrected chi connectivity index (χ2v) is 7.58. The predicted octanol–water partition coefficient (Wildman–Crippen LogP) is 5.11. The van der Waals surface area contributed by atoms with E-state index < -0.39 is 6.04 Å². The van der Waals surface area contributed by atoms with Crippen LogP contribution in [0.4, 0.5) is 10.1 Å². The fourth-order valence-electron chi connectivity index (χ4n) is 3.36. The van der Waals surface area contributed by atoms with Crippen LogP contribution in [0.1, 0.15) is 23.6 Å². The van der Waals surface area contributed by atoms with Crippen molar-refractivity contribution in [3.63, 3.8) is 0 Å². The summed E-state index contributed by atoms with van der Waals surface area (Å²) >= 11 is 6.39. The van der Waals surface area contributed by atoms with Crippen LogP contribution in [0.2, 0.25) is 5.02 Å². The van der Waals surface area contributed by atoms with Crippen LogP contribution in [-0.4, -0.2) is 19.1 Å². The summed E-state index contributed by atoms with van der Waals surface area (Å²) in [5.74, 6) is 0.547. The maximum Gasteiger partial charge on any atom is 0.246 e. The molecule has 1 aliphatic rings. The van der Waals surface area contributed by atoms with Crippen molar-refractivity contribution in [2.75, 3.05) is 18.5 Å². The summed E-state index contributed by atoms with van der Waals surface area (Å²) in [5, 5.41) is 6.60. The minimum absolute atomic E-state index is 0.252. The van der Waals surface area contributed by atoms with Gasteiger partial charge in [-0.2, -0.15) is 0 Å². The van der Waals surface area contributed by atoms with E-state index in [-0.39, 0.29) is 11.7 Å². The van der Waals surface area contributed by atoms with E-state index in [2.05, 4.69) is 10.6 Å². The molecule has 1 amide bonds. The topological polar surface area (TPSA) is 59.6 Å². The van der Waals surface area contributed by atoms with Crippen molar-refractivity contribution in [3.8, 4) is 11.5 Å². The van der Waals surface area contributed by atoms with Crippen molar-refractivity contribution in [3.05, 3.63) is 88.7 Å². The SMILES string of the molecule is O=C(Nc1ccc(F)cc1)[C@@H](NCc1cc(Cl)c2c(c1)OCCCO2)c1ccccc1. The molecule has 1 atom stereocenters. The molecule has 0 aromatic heterocycles. The monoisotopic (exact) mass is 440 g/mol. The van der Waals surface area contributed by atoms with Gasteiger partial charge in [0.25, 0.3) is 0 Å². The number of carbonyl (C=O) groups excluding carboxylic acids is 1. The molecule has 0 fully saturated rings. The normalized spacial score (nSPS) is 13.9. The van der Waals surface area contributed by atoms with Crippen LogP contribution in [0.3, 0.4) is 0 Å². The fourth-order valence-corrected chi connectivity index (χ4v) is 3.65. The first kappa shape index (κ1) is 21.2. The molecule has 1 aliphatic heterocycles. The predicted molar refractivity (Wildman–Crippen MR) is 118 cm³/mol. The second-order valence-electron chi connectivity index (χ2n) is 7.18. The van der Waals surface area contributed by atoms with Crippen molar-refractivity contribution in [1.29, 1.82) is 0 Å². The largest absolute Gasteiger partial charge is 0.489 e. The van der Waals surface area contributed by atoms with E-state index >= 15 is 0 Å². The summed E-state index contributed by atoms with van der Waals surface area (Å²) in [6, 6.07) is 18.1. The molecule has 1 heterocycles. The number of hydrogen-bond donors (Lipinski definition) is 2. The molecule has 0 aliphatic carbocycles. The van der Waals surface area contributed by atoms with Gasteiger partial charge in [0.2, 0.25) is 5.91 Å². The third-order valence-corrected chi connectivity index (χ3v) is 5.16. The minimum Gasteiger partial charge on any atom is -0.489 e. The molecule has 0 unspecified atom stereocenters. The number of fused-ring (bicyclic) bond motifs is 1. The van der Waals surface area contributed by atoms with Crippen LogP contribution in [-0.2, 0) is 11.3 Å². The first-order valence-electron chi connectivity index (χ1n) is 10.0. The number of rotatable bonds is 6. The zero-order chi connectivity index (χ0) is 21.6. The van der Waals surface area contributed by atoms with Crippen molar-refractivity contribution in [2.24, 2.45) is 0 Å². The lowest BCUT2D eigenvalue weighted by molar-refractivity contribution is -0.118. The molecule has 2 N–H and O–H groups in total. The van der Waals surface area contributed by atoms with Gasteiger partial charge in [-0.1, -0.05) is 41.9 Å². The van der Waals surface area contributed by atoms with Gasteiger partial charge in [-0.05, 0) is 47.5 Å². The van der Waals surface area contributed by atoms with Crippen LogP contribution in [0, 0.1) is 5.82 Å². The van der Waals surface area contributed by atoms with Crippen LogP contribution >= 0.6 is 11.6 Å². The van der Waals surface area contributed by atoms with E-state index in [1.165, 1.54) is 24.3 Å². The van der Waals surface area contributed by atoms with E-state index in [1.807, 2.05) is 42.5 Å². The Labute approximate surface area is 185 Å². The smallest absolute Gasteiger partial charge is 0.246 e. The quantitative estimate of drug-likeness (QED) is 0.559. The molecule has 5 nitrogen and oxygen atoms in total. The molecule has 31 heavy (non-hydrogen) atoms. The first-order chi connectivity index (χ1) is 15.1. The Bertz CT molecular complexity index is 1040. The second kappa shape index (κ2) is 9.81. The standard InChI is InChI=1S/C24H22ClFN2O3/c25-20-13-16(14-21-23(20)31-12-4-11-30-21)15-27-22(17-5-2-1-3-6-17)24(29)28-19-9-7-18(26)8-10-19/h1-3,5-10,13-14,22,27H,4,11-12,15H2,(H,28,29)/t22-/m0/s1. The zero-order valence-corrected chi connectivity index (χ0v) is 17.5. The zero-order valence-electron chi connectivity index (χ0n) is 16.7. The van der Waals surface area contributed by atoms with E-state index in [0.29, 0.717) is 42.0 Å². The molecule has 160 valence electrons. The lowest BCUT2D eigenvalue weighted by Crippen LogP contribution is -2.32. The molecule has 7 heteroatoms. The maximum atomic E-state index is 13.2. The third kappa shape index (κ3) is 5.34. The van der Waals surface area contributed by atoms with Gasteiger partial charge in [-0.3, -0.25) is 10.1 Å². The highest BCUT2D eigenvalue weighted by Gasteiger charge is 2.21. The summed E-state index contributed by atoms with van der Waals surface area (Å²) in [7, 11) is 0. The number of ether oxygens (including phenoxy) is 2. The lowest BCUT2D eigenvalue weighted by Gasteiger charge is -2.20. The number of carbonyl (C=O) groups is 1. The van der Waals surface area contributed by atoms with E-state index in [1.54, 1.807) is 0 Å². The molecule has 0 saturated carbocycles. The van der Waals surface area contributed by atoms with Gasteiger partial charge in [-0.15, -0.1) is 0 Å². The average Bonchev–Trinajstić information content (AvgIpc) is 3.02. The Balaban J connectivity index is 1.53. The first-order valence-corrected chi connectivity index (χ1v) is 10.4. The summed E-state index contributed by atoms with van der Waals surface area (Å²) in [6.45, 7) is 1.50. The Kier molecular flexibility index (Phi) is 6.70. The van der Waals surface area contributed by atoms with Gasteiger partial charge in [0.05, 0.1) is 18.2 Å². The average molecular weight is 441 g/mol. The summed E-state index contributed by atoms with van der Waals surface area (Å²) < 4.78 is 24.6. The fraction of sp³-hybridized carbons (Fsp3) is 0.208. The highest BCUT2D eigenvalue weighted by atomic mass is 35.5. The van der Waals surface area contributed by atoms with E-state index in [0.717, 1.165) is 17.5 Å². The number of hydrogen-bond acceptors (Lipinski definition) is 4. The molecule has 4 rings (SSSR count). The van der Waals surface area contributed by atoms with Gasteiger partial charge in [0, 0.05) is 18.7 Å². The van der Waals surface area contributed by atoms with Crippen LogP contribution in [0.25, 0.3) is 0 Å². The molecular formula is C24H22ClFN2O3. The Morgan fingerprint density at radius 2 is 1.77 bits per heavy atom. The van der Waals surface area contributed by atoms with Crippen molar-refractivity contribution in [2.45, 2.75) is 19.0 Å². The molecular weight excluding hydrogens is 419 g/mol. The molecule has 0 radical (unpaired) electrons. The number of benzene rings is 3. The van der Waals surface area contributed by atoms with Gasteiger partial charge in [-0.25, -0.2) is 4.39 Å². The summed E-state index contributed by atoms with van der Waals surface area (Å²) in [5.41, 5.74) is 2.19. The number of amides is 1. The van der Waals surface area contributed by atoms with Crippen molar-refractivity contribution in [1.82, 2.24) is 5.32 Å². The van der Waals surface area contributed by atoms with Crippen LogP contribution in [0.5, 0.6) is 11.5 Å². The van der Waals surface area contributed by atoms with E-state index in [9.17, 15) is 9.18 Å². The lowest BCUT2D eigenvalue weighted by atomic mass is 10.1. The number of anilines is 1.